The zero-order valence-corrected chi connectivity index (χ0v) is 17.4. The van der Waals surface area contributed by atoms with E-state index >= 15 is 0 Å². The van der Waals surface area contributed by atoms with E-state index in [1.165, 1.54) is 0 Å². The molecule has 0 aromatic carbocycles. The Morgan fingerprint density at radius 1 is 1.16 bits per heavy atom. The molecular weight excluding hydrogens is 342 g/mol. The van der Waals surface area contributed by atoms with Crippen LogP contribution < -0.4 is 0 Å². The van der Waals surface area contributed by atoms with Gasteiger partial charge < -0.3 is 23.5 Å². The first-order chi connectivity index (χ1) is 11.8. The van der Waals surface area contributed by atoms with Crippen LogP contribution >= 0.6 is 0 Å². The fraction of sp³-hybridized carbons (Fsp3) is 0.944. The molecule has 148 valence electrons. The SMILES string of the molecule is CCCCOC[C@H]1O[C@H](OC)C(=N[S+]([O-])C(C)(C)C)[C@@H]1OCCCC. The number of rotatable bonds is 11. The van der Waals surface area contributed by atoms with E-state index in [4.69, 9.17) is 18.9 Å². The molecule has 0 spiro atoms. The van der Waals surface area contributed by atoms with Crippen LogP contribution in [0.2, 0.25) is 0 Å². The van der Waals surface area contributed by atoms with Crippen LogP contribution in [-0.2, 0) is 30.3 Å². The van der Waals surface area contributed by atoms with E-state index in [0.29, 0.717) is 25.5 Å². The smallest absolute Gasteiger partial charge is 0.204 e. The number of hydrogen-bond donors (Lipinski definition) is 0. The first-order valence-electron chi connectivity index (χ1n) is 9.23. The van der Waals surface area contributed by atoms with Gasteiger partial charge in [-0.2, -0.15) is 0 Å². The molecule has 0 saturated carbocycles. The van der Waals surface area contributed by atoms with Crippen LogP contribution in [0.25, 0.3) is 0 Å². The summed E-state index contributed by atoms with van der Waals surface area (Å²) in [6.07, 6.45) is 2.76. The van der Waals surface area contributed by atoms with Gasteiger partial charge >= 0.3 is 0 Å². The summed E-state index contributed by atoms with van der Waals surface area (Å²) in [5, 5.41) is 0. The lowest BCUT2D eigenvalue weighted by Crippen LogP contribution is -2.37. The molecule has 1 rings (SSSR count). The first-order valence-corrected chi connectivity index (χ1v) is 10.3. The number of ether oxygens (including phenoxy) is 4. The van der Waals surface area contributed by atoms with Crippen LogP contribution in [-0.4, -0.2) is 60.4 Å². The molecule has 1 saturated heterocycles. The molecule has 0 aliphatic carbocycles. The van der Waals surface area contributed by atoms with Crippen molar-refractivity contribution in [1.29, 1.82) is 0 Å². The predicted octanol–water partition coefficient (Wildman–Crippen LogP) is 3.26. The van der Waals surface area contributed by atoms with E-state index < -0.39 is 22.4 Å². The fourth-order valence-electron chi connectivity index (χ4n) is 2.25. The quantitative estimate of drug-likeness (QED) is 0.408. The average molecular weight is 378 g/mol. The van der Waals surface area contributed by atoms with Gasteiger partial charge in [-0.15, -0.1) is 0 Å². The Bertz CT molecular complexity index is 399. The van der Waals surface area contributed by atoms with Gasteiger partial charge in [0, 0.05) is 20.3 Å². The standard InChI is InChI=1S/C18H35NO5S/c1-7-9-11-22-13-14-16(23-12-10-8-2)15(17(21-6)24-14)19-25(20)18(3,4)5/h14,16-17H,7-13H2,1-6H3/t14-,16-,17+,25?/m1/s1. The van der Waals surface area contributed by atoms with Gasteiger partial charge in [0.2, 0.25) is 6.29 Å². The summed E-state index contributed by atoms with van der Waals surface area (Å²) in [4.78, 5) is 0. The molecule has 0 aromatic rings. The lowest BCUT2D eigenvalue weighted by atomic mass is 10.1. The molecule has 6 nitrogen and oxygen atoms in total. The van der Waals surface area contributed by atoms with Crippen molar-refractivity contribution in [2.75, 3.05) is 26.9 Å². The van der Waals surface area contributed by atoms with E-state index in [0.717, 1.165) is 25.7 Å². The summed E-state index contributed by atoms with van der Waals surface area (Å²) in [7, 11) is 1.56. The molecule has 0 aromatic heterocycles. The van der Waals surface area contributed by atoms with Gasteiger partial charge in [-0.25, -0.2) is 0 Å². The Balaban J connectivity index is 2.88. The van der Waals surface area contributed by atoms with Crippen molar-refractivity contribution in [3.05, 3.63) is 0 Å². The molecule has 1 heterocycles. The van der Waals surface area contributed by atoms with Crippen LogP contribution in [0.3, 0.4) is 0 Å². The van der Waals surface area contributed by atoms with Crippen LogP contribution in [0, 0.1) is 0 Å². The van der Waals surface area contributed by atoms with E-state index in [1.54, 1.807) is 7.11 Å². The maximum atomic E-state index is 12.5. The van der Waals surface area contributed by atoms with E-state index in [-0.39, 0.29) is 12.2 Å². The molecule has 1 aliphatic rings. The topological polar surface area (TPSA) is 72.3 Å². The van der Waals surface area contributed by atoms with Gasteiger partial charge in [-0.1, -0.05) is 31.1 Å². The Morgan fingerprint density at radius 3 is 2.36 bits per heavy atom. The molecule has 0 amide bonds. The highest BCUT2D eigenvalue weighted by Crippen LogP contribution is 2.26. The van der Waals surface area contributed by atoms with Gasteiger partial charge in [0.25, 0.3) is 0 Å². The van der Waals surface area contributed by atoms with Crippen molar-refractivity contribution >= 4 is 17.1 Å². The van der Waals surface area contributed by atoms with E-state index in [9.17, 15) is 4.55 Å². The summed E-state index contributed by atoms with van der Waals surface area (Å²) < 4.78 is 39.5. The molecule has 1 unspecified atom stereocenters. The Labute approximate surface area is 156 Å². The maximum absolute atomic E-state index is 12.5. The van der Waals surface area contributed by atoms with Gasteiger partial charge in [-0.05, 0) is 33.6 Å². The van der Waals surface area contributed by atoms with Crippen LogP contribution in [0.5, 0.6) is 0 Å². The summed E-state index contributed by atoms with van der Waals surface area (Å²) in [5.41, 5.74) is 0.566. The minimum absolute atomic E-state index is 0.297. The number of hydrogen-bond acceptors (Lipinski definition) is 6. The van der Waals surface area contributed by atoms with Crippen LogP contribution in [0.1, 0.15) is 60.3 Å². The zero-order chi connectivity index (χ0) is 18.9. The van der Waals surface area contributed by atoms with Crippen molar-refractivity contribution in [3.8, 4) is 0 Å². The summed E-state index contributed by atoms with van der Waals surface area (Å²) >= 11 is -1.39. The molecule has 0 N–H and O–H groups in total. The van der Waals surface area contributed by atoms with Gasteiger partial charge in [0.05, 0.1) is 6.61 Å². The van der Waals surface area contributed by atoms with Gasteiger partial charge in [0.15, 0.2) is 5.71 Å². The summed E-state index contributed by atoms with van der Waals surface area (Å²) in [5.74, 6) is 0. The Morgan fingerprint density at radius 2 is 1.80 bits per heavy atom. The van der Waals surface area contributed by atoms with Crippen molar-refractivity contribution in [3.63, 3.8) is 0 Å². The second-order valence-corrected chi connectivity index (χ2v) is 9.10. The molecule has 1 fully saturated rings. The van der Waals surface area contributed by atoms with Crippen LogP contribution in [0.4, 0.5) is 0 Å². The Kier molecular flexibility index (Phi) is 10.5. The highest BCUT2D eigenvalue weighted by atomic mass is 32.2. The maximum Gasteiger partial charge on any atom is 0.204 e. The lowest BCUT2D eigenvalue weighted by molar-refractivity contribution is -0.128. The van der Waals surface area contributed by atoms with Crippen molar-refractivity contribution in [2.24, 2.45) is 4.40 Å². The monoisotopic (exact) mass is 377 g/mol. The molecule has 4 atom stereocenters. The fourth-order valence-corrected chi connectivity index (χ4v) is 2.90. The van der Waals surface area contributed by atoms with Crippen molar-refractivity contribution in [2.45, 2.75) is 83.5 Å². The Hall–Kier alpha value is -0.180. The number of methoxy groups -OCH3 is 1. The van der Waals surface area contributed by atoms with E-state index in [1.807, 2.05) is 20.8 Å². The van der Waals surface area contributed by atoms with Crippen molar-refractivity contribution in [1.82, 2.24) is 0 Å². The third-order valence-corrected chi connectivity index (χ3v) is 5.24. The number of unbranched alkanes of at least 4 members (excludes halogenated alkanes) is 2. The molecular formula is C18H35NO5S. The third-order valence-electron chi connectivity index (χ3n) is 3.81. The largest absolute Gasteiger partial charge is 0.591 e. The summed E-state index contributed by atoms with van der Waals surface area (Å²) in [6.45, 7) is 11.6. The normalized spacial score (nSPS) is 27.2. The van der Waals surface area contributed by atoms with Crippen molar-refractivity contribution < 1.29 is 23.5 Å². The minimum atomic E-state index is -1.39. The van der Waals surface area contributed by atoms with Gasteiger partial charge in [-0.3, -0.25) is 0 Å². The van der Waals surface area contributed by atoms with Crippen LogP contribution in [0.15, 0.2) is 4.40 Å². The second kappa shape index (κ2) is 11.5. The molecule has 7 heteroatoms. The first kappa shape index (κ1) is 22.9. The third kappa shape index (κ3) is 7.53. The molecule has 25 heavy (non-hydrogen) atoms. The molecule has 0 radical (unpaired) electrons. The highest BCUT2D eigenvalue weighted by molar-refractivity contribution is 7.91. The zero-order valence-electron chi connectivity index (χ0n) is 16.6. The second-order valence-electron chi connectivity index (χ2n) is 7.19. The highest BCUT2D eigenvalue weighted by Gasteiger charge is 2.45. The average Bonchev–Trinajstić information content (AvgIpc) is 2.88. The lowest BCUT2D eigenvalue weighted by Gasteiger charge is -2.21. The minimum Gasteiger partial charge on any atom is -0.591 e. The summed E-state index contributed by atoms with van der Waals surface area (Å²) in [6, 6.07) is 0. The number of nitrogens with zero attached hydrogens (tertiary/aromatic N) is 1. The predicted molar refractivity (Wildman–Crippen MR) is 101 cm³/mol. The molecule has 1 aliphatic heterocycles. The van der Waals surface area contributed by atoms with Gasteiger partial charge in [0.1, 0.15) is 28.3 Å². The van der Waals surface area contributed by atoms with E-state index in [2.05, 4.69) is 18.2 Å². The molecule has 0 bridgehead atoms.